The van der Waals surface area contributed by atoms with Crippen LogP contribution in [-0.4, -0.2) is 43.3 Å². The molecule has 1 aromatic rings. The van der Waals surface area contributed by atoms with E-state index < -0.39 is 12.1 Å². The van der Waals surface area contributed by atoms with Gasteiger partial charge in [0.05, 0.1) is 11.7 Å². The number of carbonyl (C=O) groups excluding carboxylic acids is 2. The van der Waals surface area contributed by atoms with Crippen LogP contribution in [0.1, 0.15) is 62.7 Å². The fraction of sp³-hybridized carbons (Fsp3) is 0.636. The van der Waals surface area contributed by atoms with Gasteiger partial charge in [-0.25, -0.2) is 4.79 Å². The zero-order valence-electron chi connectivity index (χ0n) is 16.8. The van der Waals surface area contributed by atoms with Crippen molar-refractivity contribution in [2.24, 2.45) is 5.92 Å². The minimum Gasteiger partial charge on any atom is -0.491 e. The van der Waals surface area contributed by atoms with Crippen LogP contribution >= 0.6 is 0 Å². The van der Waals surface area contributed by atoms with Gasteiger partial charge in [0.25, 0.3) is 5.91 Å². The van der Waals surface area contributed by atoms with Crippen molar-refractivity contribution in [2.75, 3.05) is 13.2 Å². The molecular formula is C22H31NO5. The topological polar surface area (TPSA) is 73.9 Å². The van der Waals surface area contributed by atoms with E-state index in [0.29, 0.717) is 23.8 Å². The lowest BCUT2D eigenvalue weighted by Gasteiger charge is -2.30. The number of carbonyl (C=O) groups is 2. The first-order chi connectivity index (χ1) is 13.5. The molecule has 1 aliphatic heterocycles. The monoisotopic (exact) mass is 389 g/mol. The van der Waals surface area contributed by atoms with Gasteiger partial charge in [-0.05, 0) is 62.8 Å². The van der Waals surface area contributed by atoms with Crippen LogP contribution in [0.3, 0.4) is 0 Å². The summed E-state index contributed by atoms with van der Waals surface area (Å²) in [6.07, 6.45) is 5.87. The van der Waals surface area contributed by atoms with Crippen LogP contribution in [0.5, 0.6) is 5.75 Å². The van der Waals surface area contributed by atoms with Crippen LogP contribution in [-0.2, 0) is 14.3 Å². The van der Waals surface area contributed by atoms with Gasteiger partial charge in [-0.2, -0.15) is 0 Å². The van der Waals surface area contributed by atoms with E-state index in [4.69, 9.17) is 14.2 Å². The van der Waals surface area contributed by atoms with Crippen molar-refractivity contribution in [2.45, 2.75) is 70.6 Å². The molecule has 1 saturated carbocycles. The Morgan fingerprint density at radius 3 is 2.57 bits per heavy atom. The van der Waals surface area contributed by atoms with Crippen molar-refractivity contribution in [3.8, 4) is 5.75 Å². The Morgan fingerprint density at radius 2 is 1.89 bits per heavy atom. The fourth-order valence-corrected chi connectivity index (χ4v) is 3.77. The van der Waals surface area contributed by atoms with Crippen LogP contribution in [0.15, 0.2) is 24.3 Å². The minimum absolute atomic E-state index is 0.149. The van der Waals surface area contributed by atoms with Crippen LogP contribution in [0.4, 0.5) is 0 Å². The van der Waals surface area contributed by atoms with Crippen molar-refractivity contribution < 1.29 is 23.8 Å². The molecule has 2 fully saturated rings. The number of nitrogens with one attached hydrogen (secondary N) is 1. The third-order valence-corrected chi connectivity index (χ3v) is 5.64. The average Bonchev–Trinajstić information content (AvgIpc) is 3.22. The maximum absolute atomic E-state index is 12.4. The van der Waals surface area contributed by atoms with Crippen molar-refractivity contribution in [1.82, 2.24) is 5.32 Å². The molecule has 1 heterocycles. The second-order valence-electron chi connectivity index (χ2n) is 7.89. The van der Waals surface area contributed by atoms with Gasteiger partial charge in [0.2, 0.25) is 0 Å². The first kappa shape index (κ1) is 20.6. The molecule has 0 bridgehead atoms. The Bertz CT molecular complexity index is 653. The number of esters is 1. The summed E-state index contributed by atoms with van der Waals surface area (Å²) in [6, 6.07) is 6.95. The molecule has 0 radical (unpaired) electrons. The van der Waals surface area contributed by atoms with E-state index in [1.54, 1.807) is 31.2 Å². The molecule has 0 aromatic heterocycles. The highest BCUT2D eigenvalue weighted by Crippen LogP contribution is 2.24. The summed E-state index contributed by atoms with van der Waals surface area (Å²) >= 11 is 0. The molecule has 6 nitrogen and oxygen atoms in total. The normalized spacial score (nSPS) is 25.7. The lowest BCUT2D eigenvalue weighted by atomic mass is 9.86. The second kappa shape index (κ2) is 9.92. The SMILES string of the molecule is CC(OC(=O)c1ccc(OCC2CCCO2)cc1)C(=O)NC1CCCCC1C. The number of ether oxygens (including phenoxy) is 3. The van der Waals surface area contributed by atoms with Crippen LogP contribution in [0.2, 0.25) is 0 Å². The molecule has 1 amide bonds. The fourth-order valence-electron chi connectivity index (χ4n) is 3.77. The summed E-state index contributed by atoms with van der Waals surface area (Å²) in [5, 5.41) is 3.03. The molecule has 1 N–H and O–H groups in total. The highest BCUT2D eigenvalue weighted by molar-refractivity contribution is 5.92. The third-order valence-electron chi connectivity index (χ3n) is 5.64. The van der Waals surface area contributed by atoms with Gasteiger partial charge in [-0.15, -0.1) is 0 Å². The maximum atomic E-state index is 12.4. The van der Waals surface area contributed by atoms with Gasteiger partial charge in [0.1, 0.15) is 12.4 Å². The standard InChI is InChI=1S/C22H31NO5/c1-15-6-3-4-8-20(15)23-21(24)16(2)28-22(25)17-9-11-18(12-10-17)27-14-19-7-5-13-26-19/h9-12,15-16,19-20H,3-8,13-14H2,1-2H3,(H,23,24). The Hall–Kier alpha value is -2.08. The van der Waals surface area contributed by atoms with Gasteiger partial charge >= 0.3 is 5.97 Å². The molecule has 4 atom stereocenters. The number of rotatable bonds is 7. The van der Waals surface area contributed by atoms with Crippen molar-refractivity contribution in [3.05, 3.63) is 29.8 Å². The van der Waals surface area contributed by atoms with Gasteiger partial charge < -0.3 is 19.5 Å². The Labute approximate surface area is 166 Å². The van der Waals surface area contributed by atoms with E-state index in [0.717, 1.165) is 38.7 Å². The number of hydrogen-bond acceptors (Lipinski definition) is 5. The first-order valence-electron chi connectivity index (χ1n) is 10.4. The van der Waals surface area contributed by atoms with E-state index in [2.05, 4.69) is 12.2 Å². The quantitative estimate of drug-likeness (QED) is 0.723. The minimum atomic E-state index is -0.822. The molecule has 1 aromatic carbocycles. The summed E-state index contributed by atoms with van der Waals surface area (Å²) in [7, 11) is 0. The lowest BCUT2D eigenvalue weighted by Crippen LogP contribution is -2.45. The van der Waals surface area contributed by atoms with Gasteiger partial charge in [-0.1, -0.05) is 19.8 Å². The molecule has 4 unspecified atom stereocenters. The molecule has 28 heavy (non-hydrogen) atoms. The van der Waals surface area contributed by atoms with E-state index in [1.807, 2.05) is 0 Å². The Kier molecular flexibility index (Phi) is 7.31. The lowest BCUT2D eigenvalue weighted by molar-refractivity contribution is -0.130. The summed E-state index contributed by atoms with van der Waals surface area (Å²) in [5.74, 6) is 0.403. The smallest absolute Gasteiger partial charge is 0.338 e. The largest absolute Gasteiger partial charge is 0.491 e. The zero-order valence-corrected chi connectivity index (χ0v) is 16.8. The molecular weight excluding hydrogens is 358 g/mol. The van der Waals surface area contributed by atoms with Crippen molar-refractivity contribution >= 4 is 11.9 Å². The molecule has 1 saturated heterocycles. The van der Waals surface area contributed by atoms with Crippen molar-refractivity contribution in [1.29, 1.82) is 0 Å². The number of hydrogen-bond donors (Lipinski definition) is 1. The predicted octanol–water partition coefficient (Wildman–Crippen LogP) is 3.48. The highest BCUT2D eigenvalue weighted by atomic mass is 16.5. The number of amides is 1. The third kappa shape index (κ3) is 5.71. The van der Waals surface area contributed by atoms with Crippen LogP contribution in [0, 0.1) is 5.92 Å². The molecule has 3 rings (SSSR count). The van der Waals surface area contributed by atoms with Gasteiger partial charge in [0.15, 0.2) is 6.10 Å². The van der Waals surface area contributed by atoms with E-state index >= 15 is 0 Å². The molecule has 0 spiro atoms. The zero-order chi connectivity index (χ0) is 19.9. The molecule has 2 aliphatic rings. The van der Waals surface area contributed by atoms with Crippen LogP contribution in [0.25, 0.3) is 0 Å². The summed E-state index contributed by atoms with van der Waals surface area (Å²) < 4.78 is 16.6. The number of benzene rings is 1. The summed E-state index contributed by atoms with van der Waals surface area (Å²) in [6.45, 7) is 5.08. The maximum Gasteiger partial charge on any atom is 0.338 e. The van der Waals surface area contributed by atoms with E-state index in [-0.39, 0.29) is 18.1 Å². The van der Waals surface area contributed by atoms with Gasteiger partial charge in [-0.3, -0.25) is 4.79 Å². The predicted molar refractivity (Wildman–Crippen MR) is 105 cm³/mol. The second-order valence-corrected chi connectivity index (χ2v) is 7.89. The van der Waals surface area contributed by atoms with Crippen LogP contribution < -0.4 is 10.1 Å². The average molecular weight is 389 g/mol. The highest BCUT2D eigenvalue weighted by Gasteiger charge is 2.26. The Balaban J connectivity index is 1.45. The molecule has 1 aliphatic carbocycles. The van der Waals surface area contributed by atoms with E-state index in [1.165, 1.54) is 6.42 Å². The molecule has 154 valence electrons. The van der Waals surface area contributed by atoms with Crippen molar-refractivity contribution in [3.63, 3.8) is 0 Å². The van der Waals surface area contributed by atoms with E-state index in [9.17, 15) is 9.59 Å². The van der Waals surface area contributed by atoms with Gasteiger partial charge in [0, 0.05) is 12.6 Å². The first-order valence-corrected chi connectivity index (χ1v) is 10.4. The Morgan fingerprint density at radius 1 is 1.14 bits per heavy atom. The molecule has 6 heteroatoms. The summed E-state index contributed by atoms with van der Waals surface area (Å²) in [4.78, 5) is 24.7. The summed E-state index contributed by atoms with van der Waals surface area (Å²) in [5.41, 5.74) is 0.398.